The first kappa shape index (κ1) is 14.0. The van der Waals surface area contributed by atoms with Gasteiger partial charge in [0.2, 0.25) is 0 Å². The zero-order chi connectivity index (χ0) is 13.0. The Kier molecular flexibility index (Phi) is 5.01. The molecular weight excluding hydrogens is 210 g/mol. The highest BCUT2D eigenvalue weighted by Gasteiger charge is 2.14. The van der Waals surface area contributed by atoms with Gasteiger partial charge in [0.15, 0.2) is 0 Å². The van der Waals surface area contributed by atoms with Crippen molar-refractivity contribution in [2.45, 2.75) is 47.3 Å². The molecule has 0 spiro atoms. The molecule has 0 heterocycles. The van der Waals surface area contributed by atoms with Crippen LogP contribution in [0.5, 0.6) is 0 Å². The summed E-state index contributed by atoms with van der Waals surface area (Å²) in [5.41, 5.74) is 3.51. The maximum absolute atomic E-state index is 9.13. The van der Waals surface area contributed by atoms with Crippen molar-refractivity contribution in [3.8, 4) is 0 Å². The average molecular weight is 235 g/mol. The van der Waals surface area contributed by atoms with Crippen LogP contribution in [0.25, 0.3) is 0 Å². The van der Waals surface area contributed by atoms with Crippen LogP contribution in [-0.2, 0) is 6.61 Å². The van der Waals surface area contributed by atoms with Gasteiger partial charge < -0.3 is 10.0 Å². The summed E-state index contributed by atoms with van der Waals surface area (Å²) >= 11 is 0. The standard InChI is InChI=1S/C15H25NO/c1-11(2)9-16(12(3)4)15-7-6-14(10-17)8-13(15)5/h6-8,11-12,17H,9-10H2,1-5H3. The zero-order valence-corrected chi connectivity index (χ0v) is 11.7. The van der Waals surface area contributed by atoms with Gasteiger partial charge in [0, 0.05) is 18.3 Å². The van der Waals surface area contributed by atoms with E-state index in [-0.39, 0.29) is 6.61 Å². The Morgan fingerprint density at radius 3 is 2.24 bits per heavy atom. The second kappa shape index (κ2) is 6.06. The minimum absolute atomic E-state index is 0.118. The van der Waals surface area contributed by atoms with Crippen molar-refractivity contribution >= 4 is 5.69 Å². The largest absolute Gasteiger partial charge is 0.392 e. The summed E-state index contributed by atoms with van der Waals surface area (Å²) in [5.74, 6) is 0.648. The highest BCUT2D eigenvalue weighted by atomic mass is 16.3. The van der Waals surface area contributed by atoms with Crippen LogP contribution < -0.4 is 4.90 Å². The molecule has 0 amide bonds. The number of hydrogen-bond acceptors (Lipinski definition) is 2. The smallest absolute Gasteiger partial charge is 0.0681 e. The number of benzene rings is 1. The summed E-state index contributed by atoms with van der Waals surface area (Å²) in [6.45, 7) is 12.2. The molecule has 2 heteroatoms. The van der Waals surface area contributed by atoms with E-state index in [1.54, 1.807) is 0 Å². The highest BCUT2D eigenvalue weighted by Crippen LogP contribution is 2.24. The minimum atomic E-state index is 0.118. The molecule has 0 saturated carbocycles. The lowest BCUT2D eigenvalue weighted by molar-refractivity contribution is 0.282. The SMILES string of the molecule is Cc1cc(CO)ccc1N(CC(C)C)C(C)C. The molecule has 0 radical (unpaired) electrons. The van der Waals surface area contributed by atoms with Crippen LogP contribution in [0.15, 0.2) is 18.2 Å². The van der Waals surface area contributed by atoms with Gasteiger partial charge in [0.25, 0.3) is 0 Å². The number of hydrogen-bond donors (Lipinski definition) is 1. The molecule has 0 aromatic heterocycles. The van der Waals surface area contributed by atoms with E-state index in [2.05, 4.69) is 51.7 Å². The van der Waals surface area contributed by atoms with E-state index in [9.17, 15) is 0 Å². The maximum Gasteiger partial charge on any atom is 0.0681 e. The van der Waals surface area contributed by atoms with Gasteiger partial charge in [0.1, 0.15) is 0 Å². The summed E-state index contributed by atoms with van der Waals surface area (Å²) in [6, 6.07) is 6.71. The quantitative estimate of drug-likeness (QED) is 0.846. The first-order valence-electron chi connectivity index (χ1n) is 6.42. The lowest BCUT2D eigenvalue weighted by Crippen LogP contribution is -2.34. The molecule has 0 aliphatic carbocycles. The Balaban J connectivity index is 3.01. The summed E-state index contributed by atoms with van der Waals surface area (Å²) in [4.78, 5) is 2.43. The molecule has 17 heavy (non-hydrogen) atoms. The monoisotopic (exact) mass is 235 g/mol. The van der Waals surface area contributed by atoms with Crippen molar-refractivity contribution in [3.63, 3.8) is 0 Å². The number of aliphatic hydroxyl groups is 1. The molecule has 0 atom stereocenters. The molecule has 1 aromatic rings. The van der Waals surface area contributed by atoms with Crippen LogP contribution in [0.2, 0.25) is 0 Å². The first-order chi connectivity index (χ1) is 7.95. The Morgan fingerprint density at radius 1 is 1.18 bits per heavy atom. The molecule has 0 aliphatic rings. The summed E-state index contributed by atoms with van der Waals surface area (Å²) < 4.78 is 0. The molecule has 0 unspecified atom stereocenters. The normalized spacial score (nSPS) is 11.3. The Morgan fingerprint density at radius 2 is 1.82 bits per heavy atom. The van der Waals surface area contributed by atoms with Crippen molar-refractivity contribution < 1.29 is 5.11 Å². The van der Waals surface area contributed by atoms with Gasteiger partial charge in [-0.15, -0.1) is 0 Å². The lowest BCUT2D eigenvalue weighted by Gasteiger charge is -2.32. The molecule has 0 bridgehead atoms. The predicted octanol–water partition coefficient (Wildman–Crippen LogP) is 3.36. The molecule has 1 rings (SSSR count). The molecular formula is C15H25NO. The van der Waals surface area contributed by atoms with Gasteiger partial charge in [-0.3, -0.25) is 0 Å². The van der Waals surface area contributed by atoms with E-state index in [0.29, 0.717) is 12.0 Å². The van der Waals surface area contributed by atoms with Crippen LogP contribution in [0.3, 0.4) is 0 Å². The summed E-state index contributed by atoms with van der Waals surface area (Å²) in [6.07, 6.45) is 0. The van der Waals surface area contributed by atoms with Crippen LogP contribution in [0.1, 0.15) is 38.8 Å². The molecule has 1 aromatic carbocycles. The fourth-order valence-electron chi connectivity index (χ4n) is 2.12. The van der Waals surface area contributed by atoms with Crippen LogP contribution >= 0.6 is 0 Å². The summed E-state index contributed by atoms with van der Waals surface area (Å²) in [5, 5.41) is 9.13. The Hall–Kier alpha value is -1.02. The Bertz CT molecular complexity index is 358. The second-order valence-electron chi connectivity index (χ2n) is 5.42. The molecule has 0 fully saturated rings. The minimum Gasteiger partial charge on any atom is -0.392 e. The topological polar surface area (TPSA) is 23.5 Å². The first-order valence-corrected chi connectivity index (χ1v) is 6.42. The number of aryl methyl sites for hydroxylation is 1. The van der Waals surface area contributed by atoms with Crippen molar-refractivity contribution in [3.05, 3.63) is 29.3 Å². The van der Waals surface area contributed by atoms with E-state index in [1.807, 2.05) is 6.07 Å². The van der Waals surface area contributed by atoms with Gasteiger partial charge in [-0.05, 0) is 43.9 Å². The van der Waals surface area contributed by atoms with E-state index in [0.717, 1.165) is 12.1 Å². The van der Waals surface area contributed by atoms with E-state index >= 15 is 0 Å². The molecule has 1 N–H and O–H groups in total. The van der Waals surface area contributed by atoms with E-state index < -0.39 is 0 Å². The van der Waals surface area contributed by atoms with Crippen molar-refractivity contribution in [2.24, 2.45) is 5.92 Å². The second-order valence-corrected chi connectivity index (χ2v) is 5.42. The third-order valence-corrected chi connectivity index (χ3v) is 2.94. The van der Waals surface area contributed by atoms with E-state index in [1.165, 1.54) is 11.3 Å². The lowest BCUT2D eigenvalue weighted by atomic mass is 10.1. The number of nitrogens with zero attached hydrogens (tertiary/aromatic N) is 1. The van der Waals surface area contributed by atoms with Gasteiger partial charge in [-0.2, -0.15) is 0 Å². The molecule has 0 saturated heterocycles. The van der Waals surface area contributed by atoms with Crippen LogP contribution in [0, 0.1) is 12.8 Å². The van der Waals surface area contributed by atoms with Gasteiger partial charge in [-0.25, -0.2) is 0 Å². The highest BCUT2D eigenvalue weighted by molar-refractivity contribution is 5.55. The van der Waals surface area contributed by atoms with Crippen molar-refractivity contribution in [2.75, 3.05) is 11.4 Å². The van der Waals surface area contributed by atoms with Crippen LogP contribution in [-0.4, -0.2) is 17.7 Å². The molecule has 2 nitrogen and oxygen atoms in total. The average Bonchev–Trinajstić information content (AvgIpc) is 2.25. The fraction of sp³-hybridized carbons (Fsp3) is 0.600. The molecule has 0 aliphatic heterocycles. The van der Waals surface area contributed by atoms with Crippen molar-refractivity contribution in [1.29, 1.82) is 0 Å². The zero-order valence-electron chi connectivity index (χ0n) is 11.7. The number of aliphatic hydroxyl groups excluding tert-OH is 1. The molecule has 96 valence electrons. The number of anilines is 1. The third-order valence-electron chi connectivity index (χ3n) is 2.94. The van der Waals surface area contributed by atoms with Gasteiger partial charge in [0.05, 0.1) is 6.61 Å². The number of rotatable bonds is 5. The third kappa shape index (κ3) is 3.74. The maximum atomic E-state index is 9.13. The van der Waals surface area contributed by atoms with Gasteiger partial charge in [-0.1, -0.05) is 26.0 Å². The Labute approximate surface area is 105 Å². The summed E-state index contributed by atoms with van der Waals surface area (Å²) in [7, 11) is 0. The van der Waals surface area contributed by atoms with Crippen molar-refractivity contribution in [1.82, 2.24) is 0 Å². The fourth-order valence-corrected chi connectivity index (χ4v) is 2.12. The van der Waals surface area contributed by atoms with Gasteiger partial charge >= 0.3 is 0 Å². The van der Waals surface area contributed by atoms with Crippen LogP contribution in [0.4, 0.5) is 5.69 Å². The van der Waals surface area contributed by atoms with E-state index in [4.69, 9.17) is 5.11 Å². The predicted molar refractivity (Wildman–Crippen MR) is 74.4 cm³/mol.